The van der Waals surface area contributed by atoms with Crippen LogP contribution in [0.25, 0.3) is 6.08 Å². The number of phenols is 1. The smallest absolute Gasteiger partial charge is 0.331 e. The number of benzene rings is 2. The summed E-state index contributed by atoms with van der Waals surface area (Å²) >= 11 is 0. The first kappa shape index (κ1) is 19.1. The number of amides is 1. The van der Waals surface area contributed by atoms with Gasteiger partial charge in [-0.05, 0) is 36.3 Å². The maximum absolute atomic E-state index is 11.9. The van der Waals surface area contributed by atoms with Crippen LogP contribution in [-0.4, -0.2) is 30.7 Å². The molecule has 136 valence electrons. The van der Waals surface area contributed by atoms with Crippen LogP contribution in [0.15, 0.2) is 54.6 Å². The molecule has 2 N–H and O–H groups in total. The molecule has 0 aromatic heterocycles. The van der Waals surface area contributed by atoms with Crippen LogP contribution < -0.4 is 10.1 Å². The second kappa shape index (κ2) is 9.27. The summed E-state index contributed by atoms with van der Waals surface area (Å²) in [6.07, 6.45) is 2.72. The minimum absolute atomic E-state index is 0.0106. The summed E-state index contributed by atoms with van der Waals surface area (Å²) in [6.45, 7) is 1.49. The lowest BCUT2D eigenvalue weighted by molar-refractivity contribution is -0.144. The summed E-state index contributed by atoms with van der Waals surface area (Å²) < 4.78 is 9.92. The number of methoxy groups -OCH3 is 1. The van der Waals surface area contributed by atoms with Gasteiger partial charge in [0.1, 0.15) is 0 Å². The van der Waals surface area contributed by atoms with Crippen molar-refractivity contribution in [3.8, 4) is 11.5 Å². The number of rotatable bonds is 7. The molecular formula is C20H21NO5. The van der Waals surface area contributed by atoms with Crippen LogP contribution in [0.4, 0.5) is 0 Å². The van der Waals surface area contributed by atoms with Crippen molar-refractivity contribution in [2.45, 2.75) is 13.0 Å². The summed E-state index contributed by atoms with van der Waals surface area (Å²) in [5, 5.41) is 12.3. The molecule has 0 aliphatic rings. The summed E-state index contributed by atoms with van der Waals surface area (Å²) in [6, 6.07) is 14.0. The number of hydrogen-bond donors (Lipinski definition) is 2. The molecule has 1 atom stereocenters. The lowest BCUT2D eigenvalue weighted by Gasteiger charge is -2.13. The number of nitrogens with one attached hydrogen (secondary N) is 1. The second-order valence-corrected chi connectivity index (χ2v) is 5.57. The van der Waals surface area contributed by atoms with Crippen LogP contribution in [0.5, 0.6) is 11.5 Å². The first-order valence-electron chi connectivity index (χ1n) is 8.05. The second-order valence-electron chi connectivity index (χ2n) is 5.57. The van der Waals surface area contributed by atoms with Crippen molar-refractivity contribution < 1.29 is 24.2 Å². The molecule has 2 aromatic rings. The molecule has 2 aromatic carbocycles. The van der Waals surface area contributed by atoms with E-state index in [-0.39, 0.29) is 24.3 Å². The van der Waals surface area contributed by atoms with E-state index in [0.717, 1.165) is 5.56 Å². The lowest BCUT2D eigenvalue weighted by Crippen LogP contribution is -2.30. The van der Waals surface area contributed by atoms with Gasteiger partial charge in [-0.1, -0.05) is 36.4 Å². The molecule has 0 saturated heterocycles. The standard InChI is InChI=1S/C20H21NO5/c1-14(16-6-4-3-5-7-16)21-19(23)13-26-20(24)11-9-15-8-10-17(22)18(12-15)25-2/h3-12,14,22H,13H2,1-2H3,(H,21,23)/b11-9+. The largest absolute Gasteiger partial charge is 0.504 e. The third-order valence-electron chi connectivity index (χ3n) is 3.64. The number of ether oxygens (including phenoxy) is 2. The van der Waals surface area contributed by atoms with Gasteiger partial charge in [-0.15, -0.1) is 0 Å². The third-order valence-corrected chi connectivity index (χ3v) is 3.64. The molecule has 0 spiro atoms. The molecule has 0 aliphatic heterocycles. The van der Waals surface area contributed by atoms with E-state index in [1.54, 1.807) is 12.1 Å². The minimum Gasteiger partial charge on any atom is -0.504 e. The van der Waals surface area contributed by atoms with Gasteiger partial charge in [0.2, 0.25) is 0 Å². The average Bonchev–Trinajstić information content (AvgIpc) is 2.66. The Morgan fingerprint density at radius 2 is 1.92 bits per heavy atom. The zero-order valence-corrected chi connectivity index (χ0v) is 14.6. The molecule has 0 fully saturated rings. The molecule has 6 heteroatoms. The fourth-order valence-corrected chi connectivity index (χ4v) is 2.26. The van der Waals surface area contributed by atoms with Crippen molar-refractivity contribution in [3.63, 3.8) is 0 Å². The van der Waals surface area contributed by atoms with Gasteiger partial charge in [-0.3, -0.25) is 4.79 Å². The maximum atomic E-state index is 11.9. The van der Waals surface area contributed by atoms with Crippen LogP contribution in [0.1, 0.15) is 24.1 Å². The number of carbonyl (C=O) groups is 2. The zero-order valence-electron chi connectivity index (χ0n) is 14.6. The summed E-state index contributed by atoms with van der Waals surface area (Å²) in [4.78, 5) is 23.6. The number of esters is 1. The molecule has 1 amide bonds. The van der Waals surface area contributed by atoms with Gasteiger partial charge in [-0.2, -0.15) is 0 Å². The Labute approximate surface area is 152 Å². The average molecular weight is 355 g/mol. The lowest BCUT2D eigenvalue weighted by atomic mass is 10.1. The van der Waals surface area contributed by atoms with E-state index >= 15 is 0 Å². The van der Waals surface area contributed by atoms with Gasteiger partial charge in [-0.25, -0.2) is 4.79 Å². The molecule has 26 heavy (non-hydrogen) atoms. The van der Waals surface area contributed by atoms with E-state index in [1.165, 1.54) is 25.3 Å². The van der Waals surface area contributed by atoms with Crippen LogP contribution in [0.2, 0.25) is 0 Å². The Morgan fingerprint density at radius 3 is 2.62 bits per heavy atom. The van der Waals surface area contributed by atoms with Crippen molar-refractivity contribution in [1.29, 1.82) is 0 Å². The zero-order chi connectivity index (χ0) is 18.9. The first-order valence-corrected chi connectivity index (χ1v) is 8.05. The van der Waals surface area contributed by atoms with E-state index < -0.39 is 5.97 Å². The molecule has 0 heterocycles. The SMILES string of the molecule is COc1cc(/C=C/C(=O)OCC(=O)NC(C)c2ccccc2)ccc1O. The fourth-order valence-electron chi connectivity index (χ4n) is 2.26. The Hall–Kier alpha value is -3.28. The Balaban J connectivity index is 1.81. The predicted molar refractivity (Wildman–Crippen MR) is 97.7 cm³/mol. The van der Waals surface area contributed by atoms with Gasteiger partial charge in [0.15, 0.2) is 18.1 Å². The van der Waals surface area contributed by atoms with Gasteiger partial charge in [0.05, 0.1) is 13.2 Å². The number of aromatic hydroxyl groups is 1. The van der Waals surface area contributed by atoms with Crippen molar-refractivity contribution in [2.75, 3.05) is 13.7 Å². The van der Waals surface area contributed by atoms with Gasteiger partial charge in [0.25, 0.3) is 5.91 Å². The highest BCUT2D eigenvalue weighted by Crippen LogP contribution is 2.26. The molecule has 0 saturated carbocycles. The van der Waals surface area contributed by atoms with Gasteiger partial charge in [0, 0.05) is 6.08 Å². The highest BCUT2D eigenvalue weighted by molar-refractivity contribution is 5.89. The predicted octanol–water partition coefficient (Wildman–Crippen LogP) is 2.83. The summed E-state index contributed by atoms with van der Waals surface area (Å²) in [5.74, 6) is -0.708. The van der Waals surface area contributed by atoms with E-state index in [1.807, 2.05) is 37.3 Å². The summed E-state index contributed by atoms with van der Waals surface area (Å²) in [5.41, 5.74) is 1.62. The normalized spacial score (nSPS) is 11.8. The van der Waals surface area contributed by atoms with Crippen LogP contribution in [0.3, 0.4) is 0 Å². The Morgan fingerprint density at radius 1 is 1.19 bits per heavy atom. The quantitative estimate of drug-likeness (QED) is 0.589. The van der Waals surface area contributed by atoms with Crippen LogP contribution >= 0.6 is 0 Å². The molecule has 0 radical (unpaired) electrons. The number of hydrogen-bond acceptors (Lipinski definition) is 5. The Kier molecular flexibility index (Phi) is 6.79. The van der Waals surface area contributed by atoms with Gasteiger partial charge >= 0.3 is 5.97 Å². The molecule has 0 bridgehead atoms. The maximum Gasteiger partial charge on any atom is 0.331 e. The van der Waals surface area contributed by atoms with Crippen LogP contribution in [-0.2, 0) is 14.3 Å². The molecule has 6 nitrogen and oxygen atoms in total. The molecular weight excluding hydrogens is 334 g/mol. The van der Waals surface area contributed by atoms with Crippen molar-refractivity contribution >= 4 is 18.0 Å². The van der Waals surface area contributed by atoms with Crippen molar-refractivity contribution in [2.24, 2.45) is 0 Å². The topological polar surface area (TPSA) is 84.9 Å². The fraction of sp³-hybridized carbons (Fsp3) is 0.200. The van der Waals surface area contributed by atoms with Gasteiger partial charge < -0.3 is 19.9 Å². The number of carbonyl (C=O) groups excluding carboxylic acids is 2. The summed E-state index contributed by atoms with van der Waals surface area (Å²) in [7, 11) is 1.44. The molecule has 0 aliphatic carbocycles. The van der Waals surface area contributed by atoms with E-state index in [4.69, 9.17) is 9.47 Å². The van der Waals surface area contributed by atoms with E-state index in [2.05, 4.69) is 5.32 Å². The highest BCUT2D eigenvalue weighted by Gasteiger charge is 2.10. The Bertz CT molecular complexity index is 786. The highest BCUT2D eigenvalue weighted by atomic mass is 16.5. The third kappa shape index (κ3) is 5.66. The molecule has 2 rings (SSSR count). The first-order chi connectivity index (χ1) is 12.5. The molecule has 1 unspecified atom stereocenters. The van der Waals surface area contributed by atoms with Crippen LogP contribution in [0, 0.1) is 0 Å². The van der Waals surface area contributed by atoms with E-state index in [9.17, 15) is 14.7 Å². The van der Waals surface area contributed by atoms with Crippen molar-refractivity contribution in [3.05, 3.63) is 65.7 Å². The number of phenolic OH excluding ortho intramolecular Hbond substituents is 1. The monoisotopic (exact) mass is 355 g/mol. The minimum atomic E-state index is -0.639. The van der Waals surface area contributed by atoms with E-state index in [0.29, 0.717) is 11.3 Å². The van der Waals surface area contributed by atoms with Crippen molar-refractivity contribution in [1.82, 2.24) is 5.32 Å².